The van der Waals surface area contributed by atoms with Crippen LogP contribution in [0.15, 0.2) is 110 Å². The monoisotopic (exact) mass is 1620 g/mol. The molecule has 8 unspecified atom stereocenters. The summed E-state index contributed by atoms with van der Waals surface area (Å²) < 4.78 is 96.9. The number of allylic oxidation sites excluding steroid dienone is 13. The molecule has 4 saturated heterocycles. The minimum Gasteiger partial charge on any atom is -0.462 e. The zero-order chi connectivity index (χ0) is 79.4. The van der Waals surface area contributed by atoms with Crippen LogP contribution < -0.4 is 5.32 Å². The topological polar surface area (TPSA) is 213 Å². The largest absolute Gasteiger partial charge is 0.462 e. The van der Waals surface area contributed by atoms with Crippen LogP contribution in [0.4, 0.5) is 4.79 Å². The van der Waals surface area contributed by atoms with Crippen LogP contribution in [-0.2, 0) is 75.0 Å². The van der Waals surface area contributed by atoms with E-state index >= 15 is 4.79 Å². The molecular weight excluding hydrogens is 1480 g/mol. The lowest BCUT2D eigenvalue weighted by atomic mass is 9.82. The highest BCUT2D eigenvalue weighted by Crippen LogP contribution is 2.54. The van der Waals surface area contributed by atoms with E-state index in [4.69, 9.17) is 65.4 Å². The molecule has 0 aliphatic carbocycles. The maximum atomic E-state index is 15.4. The van der Waals surface area contributed by atoms with Gasteiger partial charge in [0, 0.05) is 39.2 Å². The molecule has 0 aromatic rings. The zero-order valence-electron chi connectivity index (χ0n) is 68.7. The SMILES string of the molecule is C=CCOC(=O)N[C@@H]1[C@H](O)[C@H](O[C@H]2/C=C/C=C/C=C/C=C/C=C/C=C/C=C/[C@H](C)[C@@H](C)[C@@H](C)[C@H](C)OC(=O)C[C@H]3C[C@@H](CC[C@@H](O[Si](CC)(CC)C(C)C)[C@H]4CC(C[C@]5(OC)C[C@H](O[Si](CC)(CC)C(C)C)[C@@H](C(=O)OCC=C)C(C2)O5)OC(P(C)P)O4)OC(P(C)P)O3)O[C@H](C)[C@H]1O[Si](CC)(CC)C(C)C. The van der Waals surface area contributed by atoms with Crippen LogP contribution in [0.5, 0.6) is 0 Å². The van der Waals surface area contributed by atoms with Gasteiger partial charge in [0.25, 0.3) is 0 Å². The lowest BCUT2D eigenvalue weighted by Gasteiger charge is -2.52. The third-order valence-corrected chi connectivity index (χ3v) is 42.5. The molecule has 2 N–H and O–H groups in total. The van der Waals surface area contributed by atoms with Gasteiger partial charge in [-0.15, -0.1) is 17.9 Å². The number of alkyl carbamates (subject to hydrolysis) is 1. The number of carbonyl (C=O) groups is 3. The summed E-state index contributed by atoms with van der Waals surface area (Å²) in [5, 5.41) is 15.8. The predicted octanol–water partition coefficient (Wildman–Crippen LogP) is 19.0. The number of hydrogen-bond donors (Lipinski definition) is 2. The Morgan fingerprint density at radius 3 is 1.64 bits per heavy atom. The number of esters is 2. The molecule has 6 bridgehead atoms. The molecule has 610 valence electrons. The smallest absolute Gasteiger partial charge is 0.407 e. The number of aliphatic hydroxyl groups excluding tert-OH is 1. The summed E-state index contributed by atoms with van der Waals surface area (Å²) >= 11 is 0. The molecule has 26 heteroatoms. The van der Waals surface area contributed by atoms with E-state index < -0.39 is 143 Å². The van der Waals surface area contributed by atoms with Crippen LogP contribution in [-0.4, -0.2) is 185 Å². The fraction of sp³-hybridized carbons (Fsp3) is 0.741. The van der Waals surface area contributed by atoms with Crippen LogP contribution in [0.1, 0.15) is 169 Å². The van der Waals surface area contributed by atoms with E-state index in [-0.39, 0.29) is 92.0 Å². The van der Waals surface area contributed by atoms with E-state index in [0.717, 1.165) is 36.3 Å². The number of aliphatic hydroxyl groups is 1. The molecule has 107 heavy (non-hydrogen) atoms. The molecule has 0 aromatic heterocycles. The van der Waals surface area contributed by atoms with E-state index in [1.807, 2.05) is 86.8 Å². The van der Waals surface area contributed by atoms with E-state index in [0.29, 0.717) is 31.2 Å². The fourth-order valence-corrected chi connectivity index (χ4v) is 29.0. The van der Waals surface area contributed by atoms with Crippen LogP contribution in [0.2, 0.25) is 52.9 Å². The minimum absolute atomic E-state index is 0.00409. The molecule has 5 rings (SSSR count). The Morgan fingerprint density at radius 1 is 0.617 bits per heavy atom. The first-order chi connectivity index (χ1) is 50.8. The molecule has 4 fully saturated rings. The minimum atomic E-state index is -2.68. The number of fused-ring (bicyclic) bond motifs is 6. The van der Waals surface area contributed by atoms with E-state index in [1.165, 1.54) is 6.08 Å². The zero-order valence-corrected chi connectivity index (χ0v) is 75.8. The lowest BCUT2D eigenvalue weighted by Crippen LogP contribution is -2.67. The Kier molecular flexibility index (Phi) is 41.8. The number of hydrogen-bond acceptors (Lipinski definition) is 18. The average molecular weight is 1630 g/mol. The Labute approximate surface area is 655 Å². The Hall–Kier alpha value is -2.24. The standard InChI is InChI=1S/C81H141NO18P4Si3/c1-23-47-88-76(85)72-69-50-63(92-77-74(84)73(82-78(86)89-48-24-2)75(62(19)91-77)100-107(29-7,30-8)57(13)14)44-42-40-38-36-34-32-31-33-35-37-39-41-43-58(15)59(16)60(17)61(18)90-71(83)52-65-49-64(93-79(94-65)103(21)101)45-46-67(98-105(25-3,26-4)55(9)10)68-51-66(95-80(96-68)104(22)102)53-81(87-20,97-69)54-70(72)99-106(27-5,28-6)56(11)12/h23-24,31-44,55-70,72-75,77,79-80,84H,1-2,25-30,45-54,101-102H2,3-22H3,(H,82,86)/b32-31+,35-33+,36-34+,39-37+,40-38+,43-41+,44-42+/t58-,59+,60+,61-,62+,63-,64+,65+,66?,67+,68+,69?,70-,72-,73+,74-,75+,77-,79?,80?,81+,103?,104?/m0/s1. The third-order valence-electron chi connectivity index (χ3n) is 23.5. The second kappa shape index (κ2) is 47.0. The van der Waals surface area contributed by atoms with Gasteiger partial charge in [0.15, 0.2) is 49.1 Å². The number of amides is 1. The normalized spacial score (nSPS) is 35.8. The number of nitrogens with one attached hydrogen (secondary N) is 1. The summed E-state index contributed by atoms with van der Waals surface area (Å²) in [5.74, 6) is -2.75. The van der Waals surface area contributed by atoms with E-state index in [2.05, 4.69) is 166 Å². The van der Waals surface area contributed by atoms with Crippen LogP contribution in [0.3, 0.4) is 0 Å². The van der Waals surface area contributed by atoms with Crippen molar-refractivity contribution in [1.82, 2.24) is 5.32 Å². The van der Waals surface area contributed by atoms with Gasteiger partial charge < -0.3 is 75.8 Å². The van der Waals surface area contributed by atoms with Crippen molar-refractivity contribution in [3.05, 3.63) is 110 Å². The molecule has 0 saturated carbocycles. The number of cyclic esters (lactones) is 1. The van der Waals surface area contributed by atoms with Crippen molar-refractivity contribution >= 4 is 76.1 Å². The first-order valence-corrected chi connectivity index (χ1v) is 54.0. The van der Waals surface area contributed by atoms with Crippen molar-refractivity contribution in [2.45, 2.75) is 325 Å². The molecule has 0 radical (unpaired) electrons. The highest BCUT2D eigenvalue weighted by Gasteiger charge is 2.57. The van der Waals surface area contributed by atoms with Crippen molar-refractivity contribution in [3.8, 4) is 0 Å². The molecule has 5 aliphatic rings. The Bertz CT molecular complexity index is 2910. The van der Waals surface area contributed by atoms with Crippen molar-refractivity contribution in [1.29, 1.82) is 0 Å². The van der Waals surface area contributed by atoms with Gasteiger partial charge in [-0.2, -0.15) is 0 Å². The van der Waals surface area contributed by atoms with Gasteiger partial charge in [-0.25, -0.2) is 4.79 Å². The second-order valence-corrected chi connectivity index (χ2v) is 54.3. The van der Waals surface area contributed by atoms with Crippen LogP contribution in [0, 0.1) is 23.7 Å². The summed E-state index contributed by atoms with van der Waals surface area (Å²) in [7, 11) is -1.84. The quantitative estimate of drug-likeness (QED) is 0.0271. The van der Waals surface area contributed by atoms with E-state index in [1.54, 1.807) is 13.2 Å². The molecule has 19 nitrogen and oxygen atoms in total. The molecule has 0 aromatic carbocycles. The summed E-state index contributed by atoms with van der Waals surface area (Å²) in [6, 6.07) is 2.82. The van der Waals surface area contributed by atoms with Gasteiger partial charge >= 0.3 is 18.0 Å². The fourth-order valence-electron chi connectivity index (χ4n) is 15.9. The van der Waals surface area contributed by atoms with E-state index in [9.17, 15) is 14.7 Å². The highest BCUT2D eigenvalue weighted by atomic mass is 32.0. The van der Waals surface area contributed by atoms with Crippen molar-refractivity contribution in [2.75, 3.05) is 33.7 Å². The van der Waals surface area contributed by atoms with Crippen molar-refractivity contribution in [3.63, 3.8) is 0 Å². The number of methoxy groups -OCH3 is 1. The predicted molar refractivity (Wildman–Crippen MR) is 449 cm³/mol. The van der Waals surface area contributed by atoms with Crippen molar-refractivity contribution in [2.24, 2.45) is 23.7 Å². The summed E-state index contributed by atoms with van der Waals surface area (Å²) in [6.45, 7) is 48.7. The highest BCUT2D eigenvalue weighted by molar-refractivity contribution is 8.13. The van der Waals surface area contributed by atoms with Gasteiger partial charge in [-0.3, -0.25) is 9.59 Å². The molecule has 5 aliphatic heterocycles. The van der Waals surface area contributed by atoms with Crippen LogP contribution in [0.25, 0.3) is 0 Å². The maximum Gasteiger partial charge on any atom is 0.407 e. The number of carbonyl (C=O) groups excluding carboxylic acids is 3. The summed E-state index contributed by atoms with van der Waals surface area (Å²) in [4.78, 5) is 43.1. The van der Waals surface area contributed by atoms with Crippen LogP contribution >= 0.6 is 33.1 Å². The van der Waals surface area contributed by atoms with Gasteiger partial charge in [0.05, 0.1) is 73.5 Å². The summed E-state index contributed by atoms with van der Waals surface area (Å²) in [6.07, 6.45) is 22.9. The number of ether oxygens (including phenoxy) is 11. The summed E-state index contributed by atoms with van der Waals surface area (Å²) in [5.41, 5.74) is 0.660. The first kappa shape index (κ1) is 95.3. The van der Waals surface area contributed by atoms with Gasteiger partial charge in [-0.1, -0.05) is 214 Å². The Balaban J connectivity index is 1.74. The molecule has 1 amide bonds. The van der Waals surface area contributed by atoms with Gasteiger partial charge in [-0.05, 0) is 126 Å². The van der Waals surface area contributed by atoms with Gasteiger partial charge in [0.1, 0.15) is 31.3 Å². The van der Waals surface area contributed by atoms with Crippen molar-refractivity contribution < 1.29 is 84.9 Å². The first-order valence-electron chi connectivity index (χ1n) is 39.8. The van der Waals surface area contributed by atoms with Gasteiger partial charge in [0.2, 0.25) is 0 Å². The maximum absolute atomic E-state index is 15.4. The Morgan fingerprint density at radius 2 is 1.11 bits per heavy atom. The molecule has 25 atom stereocenters. The third kappa shape index (κ3) is 27.8. The number of rotatable bonds is 26. The average Bonchev–Trinajstić information content (AvgIpc) is 0.765. The molecule has 0 spiro atoms. The lowest BCUT2D eigenvalue weighted by molar-refractivity contribution is -0.325. The second-order valence-electron chi connectivity index (χ2n) is 31.1. The molecule has 5 heterocycles. The molecular formula is C81H141NO18P4Si3.